The molecule has 2 aliphatic heterocycles. The first-order chi connectivity index (χ1) is 12.6. The van der Waals surface area contributed by atoms with Gasteiger partial charge in [0.05, 0.1) is 23.7 Å². The van der Waals surface area contributed by atoms with Gasteiger partial charge in [-0.1, -0.05) is 23.7 Å². The molecule has 1 aromatic rings. The molecule has 3 rings (SSSR count). The van der Waals surface area contributed by atoms with Crippen LogP contribution in [0.25, 0.3) is 0 Å². The van der Waals surface area contributed by atoms with Crippen molar-refractivity contribution in [2.24, 2.45) is 10.4 Å². The third kappa shape index (κ3) is 4.48. The molecule has 7 heteroatoms. The van der Waals surface area contributed by atoms with Gasteiger partial charge >= 0.3 is 0 Å². The van der Waals surface area contributed by atoms with Crippen LogP contribution >= 0.6 is 11.6 Å². The van der Waals surface area contributed by atoms with Crippen LogP contribution in [0.5, 0.6) is 0 Å². The van der Waals surface area contributed by atoms with Crippen LogP contribution in [-0.4, -0.2) is 62.7 Å². The van der Waals surface area contributed by atoms with E-state index in [4.69, 9.17) is 16.3 Å². The van der Waals surface area contributed by atoms with Crippen molar-refractivity contribution < 1.29 is 9.53 Å². The van der Waals surface area contributed by atoms with Crippen LogP contribution in [0, 0.1) is 5.41 Å². The zero-order valence-corrected chi connectivity index (χ0v) is 16.0. The molecule has 1 spiro atoms. The number of ether oxygens (including phenoxy) is 1. The quantitative estimate of drug-likeness (QED) is 0.468. The van der Waals surface area contributed by atoms with E-state index >= 15 is 0 Å². The summed E-state index contributed by atoms with van der Waals surface area (Å²) in [5, 5.41) is 6.70. The first-order valence-electron chi connectivity index (χ1n) is 9.27. The van der Waals surface area contributed by atoms with E-state index in [1.165, 1.54) is 0 Å². The minimum atomic E-state index is -0.168. The highest BCUT2D eigenvalue weighted by Crippen LogP contribution is 2.38. The van der Waals surface area contributed by atoms with E-state index in [2.05, 4.69) is 27.4 Å². The Morgan fingerprint density at radius 3 is 2.92 bits per heavy atom. The van der Waals surface area contributed by atoms with E-state index in [0.717, 1.165) is 51.6 Å². The Kier molecular flexibility index (Phi) is 6.38. The van der Waals surface area contributed by atoms with Crippen molar-refractivity contribution in [2.45, 2.75) is 19.8 Å². The number of carbonyl (C=O) groups is 1. The summed E-state index contributed by atoms with van der Waals surface area (Å²) < 4.78 is 5.60. The number of aliphatic imine (C=N–C) groups is 1. The predicted molar refractivity (Wildman–Crippen MR) is 104 cm³/mol. The Morgan fingerprint density at radius 1 is 1.35 bits per heavy atom. The van der Waals surface area contributed by atoms with E-state index in [-0.39, 0.29) is 5.91 Å². The number of nitrogens with zero attached hydrogens (tertiary/aromatic N) is 2. The van der Waals surface area contributed by atoms with Crippen molar-refractivity contribution in [1.82, 2.24) is 15.5 Å². The molecule has 2 heterocycles. The number of guanidine groups is 1. The molecular weight excluding hydrogens is 352 g/mol. The molecule has 0 bridgehead atoms. The van der Waals surface area contributed by atoms with Gasteiger partial charge in [0.1, 0.15) is 0 Å². The van der Waals surface area contributed by atoms with Crippen LogP contribution in [-0.2, 0) is 4.74 Å². The molecule has 0 radical (unpaired) electrons. The Labute approximate surface area is 159 Å². The topological polar surface area (TPSA) is 66.0 Å². The van der Waals surface area contributed by atoms with Gasteiger partial charge in [-0.15, -0.1) is 0 Å². The molecule has 1 aromatic carbocycles. The van der Waals surface area contributed by atoms with Crippen LogP contribution < -0.4 is 10.6 Å². The van der Waals surface area contributed by atoms with Crippen LogP contribution in [0.2, 0.25) is 5.02 Å². The number of nitrogens with one attached hydrogen (secondary N) is 2. The van der Waals surface area contributed by atoms with Crippen LogP contribution in [0.4, 0.5) is 0 Å². The molecule has 1 unspecified atom stereocenters. The second-order valence-corrected chi connectivity index (χ2v) is 7.35. The lowest BCUT2D eigenvalue weighted by Gasteiger charge is -2.25. The molecule has 0 aliphatic carbocycles. The molecule has 2 fully saturated rings. The van der Waals surface area contributed by atoms with Crippen molar-refractivity contribution in [2.75, 3.05) is 45.9 Å². The maximum atomic E-state index is 12.2. The molecule has 142 valence electrons. The number of amides is 1. The van der Waals surface area contributed by atoms with Crippen molar-refractivity contribution in [1.29, 1.82) is 0 Å². The van der Waals surface area contributed by atoms with Gasteiger partial charge in [0, 0.05) is 38.2 Å². The number of hydrogen-bond donors (Lipinski definition) is 2. The maximum Gasteiger partial charge on any atom is 0.252 e. The summed E-state index contributed by atoms with van der Waals surface area (Å²) in [7, 11) is 0. The standard InChI is InChI=1S/C19H27ClN4O2/c1-2-21-18(24-11-7-19(13-24)8-12-26-14-19)23-10-9-22-17(25)15-5-3-4-6-16(15)20/h3-6H,2,7-14H2,1H3,(H,21,23)(H,22,25). The molecule has 2 saturated heterocycles. The normalized spacial score (nSPS) is 22.8. The lowest BCUT2D eigenvalue weighted by Crippen LogP contribution is -2.42. The average molecular weight is 379 g/mol. The zero-order chi connectivity index (χ0) is 18.4. The highest BCUT2D eigenvalue weighted by molar-refractivity contribution is 6.33. The highest BCUT2D eigenvalue weighted by Gasteiger charge is 2.42. The molecule has 1 atom stereocenters. The molecule has 0 aromatic heterocycles. The summed E-state index contributed by atoms with van der Waals surface area (Å²) in [5.74, 6) is 0.752. The van der Waals surface area contributed by atoms with Crippen molar-refractivity contribution in [3.63, 3.8) is 0 Å². The smallest absolute Gasteiger partial charge is 0.252 e. The molecule has 1 amide bonds. The lowest BCUT2D eigenvalue weighted by atomic mass is 9.87. The van der Waals surface area contributed by atoms with E-state index in [1.807, 2.05) is 6.07 Å². The van der Waals surface area contributed by atoms with Gasteiger partial charge in [0.2, 0.25) is 0 Å². The second-order valence-electron chi connectivity index (χ2n) is 6.95. The monoisotopic (exact) mass is 378 g/mol. The molecule has 2 aliphatic rings. The average Bonchev–Trinajstić information content (AvgIpc) is 3.28. The van der Waals surface area contributed by atoms with Gasteiger partial charge in [-0.2, -0.15) is 0 Å². The molecule has 0 saturated carbocycles. The van der Waals surface area contributed by atoms with Gasteiger partial charge in [-0.25, -0.2) is 0 Å². The Morgan fingerprint density at radius 2 is 2.19 bits per heavy atom. The fourth-order valence-corrected chi connectivity index (χ4v) is 3.81. The maximum absolute atomic E-state index is 12.2. The lowest BCUT2D eigenvalue weighted by molar-refractivity contribution is 0.0955. The minimum absolute atomic E-state index is 0.168. The van der Waals surface area contributed by atoms with Crippen LogP contribution in [0.1, 0.15) is 30.1 Å². The fraction of sp³-hybridized carbons (Fsp3) is 0.579. The van der Waals surface area contributed by atoms with Crippen LogP contribution in [0.15, 0.2) is 29.3 Å². The van der Waals surface area contributed by atoms with E-state index < -0.39 is 0 Å². The van der Waals surface area contributed by atoms with E-state index in [1.54, 1.807) is 18.2 Å². The SMILES string of the molecule is CCNC(=NCCNC(=O)c1ccccc1Cl)N1CCC2(CCOC2)C1. The number of hydrogen-bond acceptors (Lipinski definition) is 3. The highest BCUT2D eigenvalue weighted by atomic mass is 35.5. The van der Waals surface area contributed by atoms with Gasteiger partial charge in [-0.3, -0.25) is 9.79 Å². The van der Waals surface area contributed by atoms with E-state index in [0.29, 0.717) is 29.1 Å². The molecule has 26 heavy (non-hydrogen) atoms. The summed E-state index contributed by atoms with van der Waals surface area (Å²) in [6.07, 6.45) is 2.29. The van der Waals surface area contributed by atoms with Crippen molar-refractivity contribution in [3.8, 4) is 0 Å². The summed E-state index contributed by atoms with van der Waals surface area (Å²) in [5.41, 5.74) is 0.793. The third-order valence-corrected chi connectivity index (χ3v) is 5.36. The largest absolute Gasteiger partial charge is 0.381 e. The number of rotatable bonds is 5. The Bertz CT molecular complexity index is 659. The molecular formula is C19H27ClN4O2. The van der Waals surface area contributed by atoms with E-state index in [9.17, 15) is 4.79 Å². The van der Waals surface area contributed by atoms with Gasteiger partial charge in [-0.05, 0) is 31.9 Å². The summed E-state index contributed by atoms with van der Waals surface area (Å²) in [6, 6.07) is 7.05. The summed E-state index contributed by atoms with van der Waals surface area (Å²) in [4.78, 5) is 19.2. The second kappa shape index (κ2) is 8.73. The zero-order valence-electron chi connectivity index (χ0n) is 15.3. The van der Waals surface area contributed by atoms with Gasteiger partial charge in [0.15, 0.2) is 5.96 Å². The molecule has 2 N–H and O–H groups in total. The number of halogens is 1. The predicted octanol–water partition coefficient (Wildman–Crippen LogP) is 2.15. The first kappa shape index (κ1) is 19.0. The number of likely N-dealkylation sites (tertiary alicyclic amines) is 1. The summed E-state index contributed by atoms with van der Waals surface area (Å²) >= 11 is 6.05. The fourth-order valence-electron chi connectivity index (χ4n) is 3.58. The van der Waals surface area contributed by atoms with Crippen molar-refractivity contribution in [3.05, 3.63) is 34.9 Å². The van der Waals surface area contributed by atoms with Crippen LogP contribution in [0.3, 0.4) is 0 Å². The van der Waals surface area contributed by atoms with Gasteiger partial charge in [0.25, 0.3) is 5.91 Å². The Balaban J connectivity index is 1.52. The number of benzene rings is 1. The minimum Gasteiger partial charge on any atom is -0.381 e. The van der Waals surface area contributed by atoms with Crippen molar-refractivity contribution >= 4 is 23.5 Å². The first-order valence-corrected chi connectivity index (χ1v) is 9.65. The number of carbonyl (C=O) groups excluding carboxylic acids is 1. The Hall–Kier alpha value is -1.79. The van der Waals surface area contributed by atoms with Gasteiger partial charge < -0.3 is 20.3 Å². The third-order valence-electron chi connectivity index (χ3n) is 5.04. The molecule has 6 nitrogen and oxygen atoms in total. The summed E-state index contributed by atoms with van der Waals surface area (Å²) in [6.45, 7) is 7.61.